The summed E-state index contributed by atoms with van der Waals surface area (Å²) in [5.74, 6) is 1.53. The number of urea groups is 1. The summed E-state index contributed by atoms with van der Waals surface area (Å²) < 4.78 is 5.53. The summed E-state index contributed by atoms with van der Waals surface area (Å²) in [6.45, 7) is 3.74. The summed E-state index contributed by atoms with van der Waals surface area (Å²) in [5.41, 5.74) is 3.96. The number of amides is 2. The molecule has 2 amide bonds. The minimum Gasteiger partial charge on any atom is -0.378 e. The molecule has 9 heteroatoms. The molecule has 2 aliphatic rings. The first-order valence-electron chi connectivity index (χ1n) is 10.9. The lowest BCUT2D eigenvalue weighted by Crippen LogP contribution is -2.42. The average molecular weight is 441 g/mol. The Morgan fingerprint density at radius 2 is 1.91 bits per heavy atom. The van der Waals surface area contributed by atoms with E-state index in [-0.39, 0.29) is 6.03 Å². The van der Waals surface area contributed by atoms with Gasteiger partial charge in [-0.15, -0.1) is 0 Å². The van der Waals surface area contributed by atoms with Crippen molar-refractivity contribution in [3.8, 4) is 17.5 Å². The van der Waals surface area contributed by atoms with Crippen molar-refractivity contribution in [2.75, 3.05) is 43.1 Å². The van der Waals surface area contributed by atoms with E-state index in [1.54, 1.807) is 41.6 Å². The smallest absolute Gasteiger partial charge is 0.322 e. The number of morpholine rings is 1. The van der Waals surface area contributed by atoms with Gasteiger partial charge in [-0.05, 0) is 30.3 Å². The number of aromatic nitrogens is 3. The van der Waals surface area contributed by atoms with Crippen LogP contribution < -0.4 is 10.2 Å². The number of fused-ring (bicyclic) bond motifs is 1. The number of hydrogen-bond acceptors (Lipinski definition) is 7. The molecular weight excluding hydrogens is 418 g/mol. The first-order chi connectivity index (χ1) is 16.2. The van der Waals surface area contributed by atoms with Crippen LogP contribution in [0.15, 0.2) is 48.8 Å². The van der Waals surface area contributed by atoms with Gasteiger partial charge in [0.05, 0.1) is 37.1 Å². The third-order valence-electron chi connectivity index (χ3n) is 5.82. The van der Waals surface area contributed by atoms with Crippen molar-refractivity contribution in [2.45, 2.75) is 13.0 Å². The van der Waals surface area contributed by atoms with Crippen LogP contribution in [0.4, 0.5) is 16.3 Å². The molecule has 2 aromatic heterocycles. The number of carbonyl (C=O) groups excluding carboxylic acids is 1. The minimum absolute atomic E-state index is 0.207. The van der Waals surface area contributed by atoms with Crippen LogP contribution >= 0.6 is 0 Å². The quantitative estimate of drug-likeness (QED) is 0.666. The fraction of sp³-hybridized carbons (Fsp3) is 0.292. The topological polar surface area (TPSA) is 107 Å². The van der Waals surface area contributed by atoms with Gasteiger partial charge in [0.2, 0.25) is 0 Å². The molecule has 33 heavy (non-hydrogen) atoms. The second-order valence-corrected chi connectivity index (χ2v) is 7.93. The second-order valence-electron chi connectivity index (χ2n) is 7.93. The highest BCUT2D eigenvalue weighted by atomic mass is 16.5. The zero-order chi connectivity index (χ0) is 22.6. The molecule has 0 aliphatic carbocycles. The van der Waals surface area contributed by atoms with Crippen molar-refractivity contribution in [3.63, 3.8) is 0 Å². The van der Waals surface area contributed by atoms with E-state index >= 15 is 0 Å². The highest BCUT2D eigenvalue weighted by Gasteiger charge is 2.28. The van der Waals surface area contributed by atoms with Gasteiger partial charge in [0.15, 0.2) is 5.82 Å². The van der Waals surface area contributed by atoms with Gasteiger partial charge in [-0.2, -0.15) is 5.26 Å². The number of rotatable bonds is 3. The maximum atomic E-state index is 13.0. The number of benzene rings is 1. The van der Waals surface area contributed by atoms with Gasteiger partial charge in [-0.25, -0.2) is 14.8 Å². The summed E-state index contributed by atoms with van der Waals surface area (Å²) in [6.07, 6.45) is 4.11. The molecule has 4 heterocycles. The molecule has 0 atom stereocenters. The van der Waals surface area contributed by atoms with Gasteiger partial charge in [0.1, 0.15) is 5.82 Å². The molecule has 5 rings (SSSR count). The van der Waals surface area contributed by atoms with E-state index in [0.29, 0.717) is 49.8 Å². The molecule has 0 saturated carbocycles. The molecule has 1 fully saturated rings. The standard InChI is InChI=1S/C24H23N7O2/c25-15-17-2-1-3-19(14-17)27-24(32)31-9-6-21-20(16-31)23(30-10-12-33-13-11-30)29-22(28-21)18-4-7-26-8-5-18/h1-5,7-8,14H,6,9-13,16H2,(H,27,32). The van der Waals surface area contributed by atoms with Crippen molar-refractivity contribution in [3.05, 3.63) is 65.6 Å². The first kappa shape index (κ1) is 20.8. The average Bonchev–Trinajstić information content (AvgIpc) is 2.89. The third-order valence-corrected chi connectivity index (χ3v) is 5.82. The number of nitriles is 1. The van der Waals surface area contributed by atoms with Gasteiger partial charge >= 0.3 is 6.03 Å². The number of nitrogens with one attached hydrogen (secondary N) is 1. The number of carbonyl (C=O) groups is 1. The zero-order valence-electron chi connectivity index (χ0n) is 18.1. The SMILES string of the molecule is N#Cc1cccc(NC(=O)N2CCc3nc(-c4ccncc4)nc(N4CCOCC4)c3C2)c1. The zero-order valence-corrected chi connectivity index (χ0v) is 18.1. The predicted octanol–water partition coefficient (Wildman–Crippen LogP) is 2.84. The lowest BCUT2D eigenvalue weighted by Gasteiger charge is -2.34. The maximum Gasteiger partial charge on any atom is 0.322 e. The second kappa shape index (κ2) is 9.22. The molecule has 0 unspecified atom stereocenters. The largest absolute Gasteiger partial charge is 0.378 e. The van der Waals surface area contributed by atoms with E-state index in [1.165, 1.54) is 0 Å². The van der Waals surface area contributed by atoms with E-state index in [1.807, 2.05) is 12.1 Å². The normalized spacial score (nSPS) is 15.5. The van der Waals surface area contributed by atoms with Crippen molar-refractivity contribution in [1.82, 2.24) is 19.9 Å². The fourth-order valence-corrected chi connectivity index (χ4v) is 4.11. The summed E-state index contributed by atoms with van der Waals surface area (Å²) in [4.78, 5) is 30.8. The van der Waals surface area contributed by atoms with E-state index < -0.39 is 0 Å². The number of nitrogens with zero attached hydrogens (tertiary/aromatic N) is 6. The van der Waals surface area contributed by atoms with Crippen molar-refractivity contribution in [1.29, 1.82) is 5.26 Å². The van der Waals surface area contributed by atoms with Crippen LogP contribution in [0.3, 0.4) is 0 Å². The van der Waals surface area contributed by atoms with Gasteiger partial charge in [-0.1, -0.05) is 6.07 Å². The molecule has 166 valence electrons. The van der Waals surface area contributed by atoms with Crippen LogP contribution in [-0.2, 0) is 17.7 Å². The highest BCUT2D eigenvalue weighted by Crippen LogP contribution is 2.30. The molecule has 1 saturated heterocycles. The molecule has 2 aliphatic heterocycles. The number of pyridine rings is 1. The Labute approximate surface area is 191 Å². The Morgan fingerprint density at radius 1 is 1.09 bits per heavy atom. The molecule has 0 radical (unpaired) electrons. The summed E-state index contributed by atoms with van der Waals surface area (Å²) in [7, 11) is 0. The maximum absolute atomic E-state index is 13.0. The Kier molecular flexibility index (Phi) is 5.83. The highest BCUT2D eigenvalue weighted by molar-refractivity contribution is 5.89. The summed E-state index contributed by atoms with van der Waals surface area (Å²) in [6, 6.07) is 12.6. The van der Waals surface area contributed by atoms with E-state index in [0.717, 1.165) is 35.7 Å². The number of anilines is 2. The third kappa shape index (κ3) is 4.47. The molecule has 3 aromatic rings. The predicted molar refractivity (Wildman–Crippen MR) is 123 cm³/mol. The fourth-order valence-electron chi connectivity index (χ4n) is 4.11. The van der Waals surface area contributed by atoms with Gasteiger partial charge < -0.3 is 19.9 Å². The van der Waals surface area contributed by atoms with Crippen LogP contribution in [0.1, 0.15) is 16.8 Å². The Hall–Kier alpha value is -4.03. The van der Waals surface area contributed by atoms with Gasteiger partial charge in [0.25, 0.3) is 0 Å². The van der Waals surface area contributed by atoms with Crippen molar-refractivity contribution in [2.24, 2.45) is 0 Å². The van der Waals surface area contributed by atoms with Crippen molar-refractivity contribution < 1.29 is 9.53 Å². The van der Waals surface area contributed by atoms with Crippen molar-refractivity contribution >= 4 is 17.5 Å². The monoisotopic (exact) mass is 441 g/mol. The van der Waals surface area contributed by atoms with Gasteiger partial charge in [0, 0.05) is 55.3 Å². The molecular formula is C24H23N7O2. The lowest BCUT2D eigenvalue weighted by atomic mass is 10.0. The number of hydrogen-bond donors (Lipinski definition) is 1. The van der Waals surface area contributed by atoms with Crippen LogP contribution in [0.2, 0.25) is 0 Å². The van der Waals surface area contributed by atoms with E-state index in [9.17, 15) is 4.79 Å². The summed E-state index contributed by atoms with van der Waals surface area (Å²) in [5, 5.41) is 12.0. The van der Waals surface area contributed by atoms with Crippen LogP contribution in [-0.4, -0.2) is 58.7 Å². The Morgan fingerprint density at radius 3 is 2.70 bits per heavy atom. The van der Waals surface area contributed by atoms with Crippen LogP contribution in [0, 0.1) is 11.3 Å². The number of ether oxygens (including phenoxy) is 1. The Balaban J connectivity index is 1.44. The molecule has 9 nitrogen and oxygen atoms in total. The first-order valence-corrected chi connectivity index (χ1v) is 10.9. The summed E-state index contributed by atoms with van der Waals surface area (Å²) >= 11 is 0. The molecule has 1 aromatic carbocycles. The molecule has 1 N–H and O–H groups in total. The van der Waals surface area contributed by atoms with Gasteiger partial charge in [-0.3, -0.25) is 4.98 Å². The van der Waals surface area contributed by atoms with Crippen LogP contribution in [0.25, 0.3) is 11.4 Å². The van der Waals surface area contributed by atoms with E-state index in [4.69, 9.17) is 20.0 Å². The molecule has 0 bridgehead atoms. The van der Waals surface area contributed by atoms with Crippen LogP contribution in [0.5, 0.6) is 0 Å². The molecule has 0 spiro atoms. The lowest BCUT2D eigenvalue weighted by molar-refractivity contribution is 0.122. The minimum atomic E-state index is -0.207. The van der Waals surface area contributed by atoms with E-state index in [2.05, 4.69) is 21.3 Å². The Bertz CT molecular complexity index is 1200.